The van der Waals surface area contributed by atoms with Crippen LogP contribution in [0.4, 0.5) is 5.82 Å². The molecule has 4 N–H and O–H groups in total. The molecule has 0 radical (unpaired) electrons. The number of aromatic nitrogens is 2. The molecule has 0 amide bonds. The van der Waals surface area contributed by atoms with Crippen LogP contribution < -0.4 is 16.0 Å². The lowest BCUT2D eigenvalue weighted by Gasteiger charge is -2.49. The maximum Gasteiger partial charge on any atom is 0.151 e. The number of phenolic OH excluding ortho intramolecular Hbond substituents is 1. The van der Waals surface area contributed by atoms with Gasteiger partial charge in [0.15, 0.2) is 5.82 Å². The van der Waals surface area contributed by atoms with Crippen molar-refractivity contribution < 1.29 is 5.11 Å². The van der Waals surface area contributed by atoms with E-state index in [0.29, 0.717) is 17.3 Å². The van der Waals surface area contributed by atoms with Gasteiger partial charge in [-0.05, 0) is 89.6 Å². The molecule has 3 heterocycles. The molecule has 2 aliphatic heterocycles. The monoisotopic (exact) mass is 462 g/mol. The Balaban J connectivity index is 1.58. The SMILES string of the molecule is CN(c1ccc(-c2cc(C(=CN)C3=NCCCC3)ccc2O)nn1)C1CC(C)(C)NC(C)(C)C1. The minimum atomic E-state index is 0.0527. The molecule has 0 bridgehead atoms. The van der Waals surface area contributed by atoms with Crippen LogP contribution in [0.3, 0.4) is 0 Å². The highest BCUT2D eigenvalue weighted by Gasteiger charge is 2.39. The van der Waals surface area contributed by atoms with Crippen molar-refractivity contribution in [2.75, 3.05) is 18.5 Å². The minimum absolute atomic E-state index is 0.0527. The Kier molecular flexibility index (Phi) is 6.67. The molecule has 182 valence electrons. The number of allylic oxidation sites excluding steroid dienone is 1. The van der Waals surface area contributed by atoms with Gasteiger partial charge in [-0.2, -0.15) is 0 Å². The van der Waals surface area contributed by atoms with Crippen molar-refractivity contribution in [1.82, 2.24) is 15.5 Å². The summed E-state index contributed by atoms with van der Waals surface area (Å²) in [7, 11) is 2.09. The van der Waals surface area contributed by atoms with Gasteiger partial charge in [0.05, 0.1) is 5.69 Å². The highest BCUT2D eigenvalue weighted by Crippen LogP contribution is 2.35. The quantitative estimate of drug-likeness (QED) is 0.604. The highest BCUT2D eigenvalue weighted by molar-refractivity contribution is 6.24. The zero-order valence-electron chi connectivity index (χ0n) is 21.1. The molecule has 0 atom stereocenters. The molecule has 34 heavy (non-hydrogen) atoms. The predicted molar refractivity (Wildman–Crippen MR) is 140 cm³/mol. The first-order valence-corrected chi connectivity index (χ1v) is 12.2. The van der Waals surface area contributed by atoms with E-state index in [1.165, 1.54) is 0 Å². The number of aliphatic imine (C=N–C) groups is 1. The molecule has 1 fully saturated rings. The van der Waals surface area contributed by atoms with Gasteiger partial charge in [0.25, 0.3) is 0 Å². The van der Waals surface area contributed by atoms with E-state index in [1.54, 1.807) is 12.3 Å². The van der Waals surface area contributed by atoms with Crippen LogP contribution in [-0.4, -0.2) is 51.7 Å². The molecule has 0 saturated carbocycles. The van der Waals surface area contributed by atoms with Crippen molar-refractivity contribution in [1.29, 1.82) is 0 Å². The van der Waals surface area contributed by atoms with Gasteiger partial charge >= 0.3 is 0 Å². The zero-order valence-corrected chi connectivity index (χ0v) is 21.1. The van der Waals surface area contributed by atoms with Crippen LogP contribution >= 0.6 is 0 Å². The number of benzene rings is 1. The number of aromatic hydroxyl groups is 1. The molecular weight excluding hydrogens is 424 g/mol. The number of nitrogens with zero attached hydrogens (tertiary/aromatic N) is 4. The van der Waals surface area contributed by atoms with Crippen LogP contribution in [0.2, 0.25) is 0 Å². The fraction of sp³-hybridized carbons (Fsp3) is 0.519. The van der Waals surface area contributed by atoms with E-state index < -0.39 is 0 Å². The summed E-state index contributed by atoms with van der Waals surface area (Å²) in [6.07, 6.45) is 6.82. The Bertz CT molecular complexity index is 1070. The molecule has 2 aliphatic rings. The van der Waals surface area contributed by atoms with E-state index >= 15 is 0 Å². The third-order valence-corrected chi connectivity index (χ3v) is 6.91. The van der Waals surface area contributed by atoms with Crippen LogP contribution in [0.5, 0.6) is 5.75 Å². The fourth-order valence-corrected chi connectivity index (χ4v) is 5.57. The molecule has 0 spiro atoms. The Labute approximate surface area is 203 Å². The second-order valence-corrected chi connectivity index (χ2v) is 10.9. The molecule has 2 aromatic rings. The van der Waals surface area contributed by atoms with E-state index in [1.807, 2.05) is 24.3 Å². The first kappa shape index (κ1) is 24.2. The van der Waals surface area contributed by atoms with Crippen LogP contribution in [0.1, 0.15) is 65.4 Å². The summed E-state index contributed by atoms with van der Waals surface area (Å²) in [5, 5.41) is 23.3. The van der Waals surface area contributed by atoms with Gasteiger partial charge in [-0.3, -0.25) is 4.99 Å². The summed E-state index contributed by atoms with van der Waals surface area (Å²) < 4.78 is 0. The van der Waals surface area contributed by atoms with Gasteiger partial charge in [0.1, 0.15) is 5.75 Å². The van der Waals surface area contributed by atoms with Crippen molar-refractivity contribution >= 4 is 17.1 Å². The number of hydrogen-bond acceptors (Lipinski definition) is 7. The molecular formula is C27H38N6O. The van der Waals surface area contributed by atoms with E-state index in [4.69, 9.17) is 5.73 Å². The predicted octanol–water partition coefficient (Wildman–Crippen LogP) is 4.52. The third-order valence-electron chi connectivity index (χ3n) is 6.91. The smallest absolute Gasteiger partial charge is 0.151 e. The average molecular weight is 463 g/mol. The first-order valence-electron chi connectivity index (χ1n) is 12.2. The molecule has 1 aromatic heterocycles. The number of phenols is 1. The third kappa shape index (κ3) is 5.25. The van der Waals surface area contributed by atoms with Crippen LogP contribution in [-0.2, 0) is 0 Å². The summed E-state index contributed by atoms with van der Waals surface area (Å²) in [6, 6.07) is 9.77. The van der Waals surface area contributed by atoms with E-state index in [9.17, 15) is 5.11 Å². The number of hydrogen-bond donors (Lipinski definition) is 3. The Morgan fingerprint density at radius 3 is 2.41 bits per heavy atom. The van der Waals surface area contributed by atoms with Gasteiger partial charge in [-0.15, -0.1) is 10.2 Å². The van der Waals surface area contributed by atoms with Gasteiger partial charge in [0, 0.05) is 53.8 Å². The molecule has 4 rings (SSSR count). The van der Waals surface area contributed by atoms with Crippen molar-refractivity contribution in [2.24, 2.45) is 10.7 Å². The summed E-state index contributed by atoms with van der Waals surface area (Å²) in [5.74, 6) is 1.000. The Hall–Kier alpha value is -2.93. The molecule has 0 aliphatic carbocycles. The number of piperidine rings is 1. The summed E-state index contributed by atoms with van der Waals surface area (Å²) in [6.45, 7) is 9.85. The van der Waals surface area contributed by atoms with E-state index in [0.717, 1.165) is 61.3 Å². The lowest BCUT2D eigenvalue weighted by atomic mass is 9.79. The van der Waals surface area contributed by atoms with Gasteiger partial charge in [0.2, 0.25) is 0 Å². The molecule has 1 aromatic carbocycles. The summed E-state index contributed by atoms with van der Waals surface area (Å²) >= 11 is 0. The maximum atomic E-state index is 10.6. The topological polar surface area (TPSA) is 99.7 Å². The Morgan fingerprint density at radius 1 is 1.09 bits per heavy atom. The number of rotatable bonds is 5. The lowest BCUT2D eigenvalue weighted by molar-refractivity contribution is 0.160. The summed E-state index contributed by atoms with van der Waals surface area (Å²) in [4.78, 5) is 6.90. The largest absolute Gasteiger partial charge is 0.507 e. The minimum Gasteiger partial charge on any atom is -0.507 e. The fourth-order valence-electron chi connectivity index (χ4n) is 5.57. The number of anilines is 1. The van der Waals surface area contributed by atoms with Gasteiger partial charge < -0.3 is 21.1 Å². The van der Waals surface area contributed by atoms with Crippen LogP contribution in [0, 0.1) is 0 Å². The van der Waals surface area contributed by atoms with Gasteiger partial charge in [-0.1, -0.05) is 6.07 Å². The first-order chi connectivity index (χ1) is 16.1. The van der Waals surface area contributed by atoms with Gasteiger partial charge in [-0.25, -0.2) is 0 Å². The highest BCUT2D eigenvalue weighted by atomic mass is 16.3. The standard InChI is InChI=1S/C27H38N6O/c1-26(2)15-19(16-27(3,4)32-26)33(5)25-12-10-23(30-31-25)20-14-18(9-11-24(20)34)21(17-28)22-8-6-7-13-29-22/h9-12,14,17,19,32,34H,6-8,13,15-16,28H2,1-5H3. The molecule has 0 unspecified atom stereocenters. The van der Waals surface area contributed by atoms with Crippen molar-refractivity contribution in [3.63, 3.8) is 0 Å². The Morgan fingerprint density at radius 2 is 1.82 bits per heavy atom. The summed E-state index contributed by atoms with van der Waals surface area (Å²) in [5.41, 5.74) is 10.2. The van der Waals surface area contributed by atoms with E-state index in [2.05, 4.69) is 60.1 Å². The zero-order chi connectivity index (χ0) is 24.5. The number of nitrogens with one attached hydrogen (secondary N) is 1. The average Bonchev–Trinajstić information content (AvgIpc) is 2.79. The number of nitrogens with two attached hydrogens (primary N) is 1. The van der Waals surface area contributed by atoms with Crippen LogP contribution in [0.25, 0.3) is 16.8 Å². The maximum absolute atomic E-state index is 10.6. The van der Waals surface area contributed by atoms with Crippen molar-refractivity contribution in [2.45, 2.75) is 76.9 Å². The lowest BCUT2D eigenvalue weighted by Crippen LogP contribution is -2.62. The van der Waals surface area contributed by atoms with E-state index in [-0.39, 0.29) is 16.8 Å². The molecule has 7 heteroatoms. The van der Waals surface area contributed by atoms with Crippen molar-refractivity contribution in [3.8, 4) is 17.0 Å². The van der Waals surface area contributed by atoms with Crippen molar-refractivity contribution in [3.05, 3.63) is 42.1 Å². The second kappa shape index (κ2) is 9.37. The molecule has 7 nitrogen and oxygen atoms in total. The molecule has 1 saturated heterocycles. The van der Waals surface area contributed by atoms with Crippen LogP contribution in [0.15, 0.2) is 41.5 Å². The second-order valence-electron chi connectivity index (χ2n) is 10.9. The normalized spacial score (nSPS) is 20.6.